The number of amides is 1. The summed E-state index contributed by atoms with van der Waals surface area (Å²) in [6, 6.07) is 8.05. The van der Waals surface area contributed by atoms with E-state index in [0.29, 0.717) is 12.5 Å². The molecule has 1 aliphatic rings. The van der Waals surface area contributed by atoms with Gasteiger partial charge in [-0.15, -0.1) is 0 Å². The Morgan fingerprint density at radius 1 is 1.38 bits per heavy atom. The summed E-state index contributed by atoms with van der Waals surface area (Å²) in [5.41, 5.74) is 6.14. The van der Waals surface area contributed by atoms with E-state index in [1.807, 2.05) is 25.1 Å². The molecule has 1 fully saturated rings. The highest BCUT2D eigenvalue weighted by Crippen LogP contribution is 2.48. The van der Waals surface area contributed by atoms with Crippen LogP contribution >= 0.6 is 11.6 Å². The van der Waals surface area contributed by atoms with Crippen LogP contribution in [0.2, 0.25) is 5.02 Å². The van der Waals surface area contributed by atoms with Crippen LogP contribution < -0.4 is 16.4 Å². The van der Waals surface area contributed by atoms with Gasteiger partial charge in [0.25, 0.3) is 0 Å². The average molecular weight is 351 g/mol. The van der Waals surface area contributed by atoms with Crippen LogP contribution in [0.1, 0.15) is 39.2 Å². The van der Waals surface area contributed by atoms with E-state index in [2.05, 4.69) is 21.7 Å². The summed E-state index contributed by atoms with van der Waals surface area (Å²) >= 11 is 6.12. The van der Waals surface area contributed by atoms with Gasteiger partial charge >= 0.3 is 0 Å². The van der Waals surface area contributed by atoms with Gasteiger partial charge in [0.15, 0.2) is 5.96 Å². The Balaban J connectivity index is 2.02. The molecule has 1 aromatic rings. The standard InChI is InChI=1S/C18H27ClN4O/c1-4-21-16(22-11-17(2,3)15(20)24)23-12-18(8-9-18)13-6-5-7-14(19)10-13/h5-7,10H,4,8-9,11-12H2,1-3H3,(H2,20,24)(H2,21,22,23). The average Bonchev–Trinajstić information content (AvgIpc) is 3.31. The van der Waals surface area contributed by atoms with Crippen molar-refractivity contribution >= 4 is 23.5 Å². The predicted molar refractivity (Wildman–Crippen MR) is 99.3 cm³/mol. The highest BCUT2D eigenvalue weighted by atomic mass is 35.5. The number of halogens is 1. The lowest BCUT2D eigenvalue weighted by molar-refractivity contribution is -0.125. The molecule has 0 radical (unpaired) electrons. The molecule has 0 saturated heterocycles. The second kappa shape index (κ2) is 7.43. The van der Waals surface area contributed by atoms with Crippen LogP contribution in [0.3, 0.4) is 0 Å². The molecule has 0 atom stereocenters. The molecule has 132 valence electrons. The lowest BCUT2D eigenvalue weighted by Gasteiger charge is -2.21. The molecule has 1 amide bonds. The predicted octanol–water partition coefficient (Wildman–Crippen LogP) is 2.44. The Kier molecular flexibility index (Phi) is 5.75. The Bertz CT molecular complexity index is 623. The molecule has 1 saturated carbocycles. The largest absolute Gasteiger partial charge is 0.369 e. The fraction of sp³-hybridized carbons (Fsp3) is 0.556. The number of benzene rings is 1. The highest BCUT2D eigenvalue weighted by Gasteiger charge is 2.44. The molecule has 0 aromatic heterocycles. The van der Waals surface area contributed by atoms with E-state index in [9.17, 15) is 4.79 Å². The Hall–Kier alpha value is -1.75. The van der Waals surface area contributed by atoms with Crippen LogP contribution in [0.4, 0.5) is 0 Å². The molecule has 24 heavy (non-hydrogen) atoms. The summed E-state index contributed by atoms with van der Waals surface area (Å²) in [6.45, 7) is 7.51. The van der Waals surface area contributed by atoms with Crippen molar-refractivity contribution < 1.29 is 4.79 Å². The van der Waals surface area contributed by atoms with Gasteiger partial charge in [0.05, 0.1) is 12.0 Å². The number of nitrogens with two attached hydrogens (primary N) is 1. The second-order valence-electron chi connectivity index (χ2n) is 7.09. The summed E-state index contributed by atoms with van der Waals surface area (Å²) in [5.74, 6) is 0.361. The van der Waals surface area contributed by atoms with E-state index in [4.69, 9.17) is 17.3 Å². The van der Waals surface area contributed by atoms with Gasteiger partial charge in [-0.05, 0) is 51.3 Å². The fourth-order valence-corrected chi connectivity index (χ4v) is 2.68. The van der Waals surface area contributed by atoms with Crippen molar-refractivity contribution in [3.05, 3.63) is 34.9 Å². The van der Waals surface area contributed by atoms with E-state index in [1.54, 1.807) is 13.8 Å². The van der Waals surface area contributed by atoms with Crippen LogP contribution in [-0.4, -0.2) is 31.5 Å². The molecule has 0 aliphatic heterocycles. The second-order valence-corrected chi connectivity index (χ2v) is 7.52. The number of aliphatic imine (C=N–C) groups is 1. The number of rotatable bonds is 7. The summed E-state index contributed by atoms with van der Waals surface area (Å²) < 4.78 is 0. The first-order valence-electron chi connectivity index (χ1n) is 8.37. The fourth-order valence-electron chi connectivity index (χ4n) is 2.49. The van der Waals surface area contributed by atoms with Gasteiger partial charge < -0.3 is 16.4 Å². The first-order valence-corrected chi connectivity index (χ1v) is 8.75. The molecule has 5 nitrogen and oxygen atoms in total. The quantitative estimate of drug-likeness (QED) is 0.522. The van der Waals surface area contributed by atoms with Gasteiger partial charge in [-0.25, -0.2) is 0 Å². The van der Waals surface area contributed by atoms with Crippen molar-refractivity contribution in [2.24, 2.45) is 16.1 Å². The first-order chi connectivity index (χ1) is 11.3. The zero-order chi connectivity index (χ0) is 17.8. The van der Waals surface area contributed by atoms with E-state index in [0.717, 1.165) is 31.0 Å². The number of nitrogens with zero attached hydrogens (tertiary/aromatic N) is 1. The molecule has 4 N–H and O–H groups in total. The maximum Gasteiger partial charge on any atom is 0.224 e. The van der Waals surface area contributed by atoms with E-state index < -0.39 is 5.41 Å². The van der Waals surface area contributed by atoms with E-state index >= 15 is 0 Å². The van der Waals surface area contributed by atoms with Crippen molar-refractivity contribution in [2.75, 3.05) is 19.6 Å². The number of primary amides is 1. The third-order valence-electron chi connectivity index (χ3n) is 4.53. The zero-order valence-electron chi connectivity index (χ0n) is 14.7. The number of nitrogens with one attached hydrogen (secondary N) is 2. The van der Waals surface area contributed by atoms with Gasteiger partial charge in [0.2, 0.25) is 5.91 Å². The SMILES string of the molecule is CCNC(=NCC(C)(C)C(N)=O)NCC1(c2cccc(Cl)c2)CC1. The minimum atomic E-state index is -0.660. The van der Waals surface area contributed by atoms with Gasteiger partial charge in [-0.2, -0.15) is 0 Å². The number of carbonyl (C=O) groups is 1. The Morgan fingerprint density at radius 2 is 2.08 bits per heavy atom. The number of guanidine groups is 1. The molecule has 1 aromatic carbocycles. The highest BCUT2D eigenvalue weighted by molar-refractivity contribution is 6.30. The summed E-state index contributed by atoms with van der Waals surface area (Å²) in [5, 5.41) is 7.38. The lowest BCUT2D eigenvalue weighted by Crippen LogP contribution is -2.42. The van der Waals surface area contributed by atoms with Crippen LogP contribution in [-0.2, 0) is 10.2 Å². The molecule has 0 bridgehead atoms. The number of hydrogen-bond acceptors (Lipinski definition) is 2. The zero-order valence-corrected chi connectivity index (χ0v) is 15.4. The van der Waals surface area contributed by atoms with Crippen molar-refractivity contribution in [1.82, 2.24) is 10.6 Å². The molecule has 1 aliphatic carbocycles. The number of hydrogen-bond donors (Lipinski definition) is 3. The van der Waals surface area contributed by atoms with Crippen LogP contribution in [0.15, 0.2) is 29.3 Å². The maximum atomic E-state index is 11.4. The summed E-state index contributed by atoms with van der Waals surface area (Å²) in [7, 11) is 0. The van der Waals surface area contributed by atoms with Crippen molar-refractivity contribution in [2.45, 2.75) is 39.0 Å². The topological polar surface area (TPSA) is 79.5 Å². The molecular formula is C18H27ClN4O. The van der Waals surface area contributed by atoms with Gasteiger partial charge in [-0.3, -0.25) is 9.79 Å². The van der Waals surface area contributed by atoms with Crippen molar-refractivity contribution in [3.8, 4) is 0 Å². The number of carbonyl (C=O) groups excluding carboxylic acids is 1. The first kappa shape index (κ1) is 18.6. The molecule has 0 spiro atoms. The molecule has 2 rings (SSSR count). The smallest absolute Gasteiger partial charge is 0.224 e. The molecule has 6 heteroatoms. The van der Waals surface area contributed by atoms with Crippen molar-refractivity contribution in [3.63, 3.8) is 0 Å². The van der Waals surface area contributed by atoms with Gasteiger partial charge in [0.1, 0.15) is 0 Å². The van der Waals surface area contributed by atoms with E-state index in [-0.39, 0.29) is 11.3 Å². The Morgan fingerprint density at radius 3 is 2.62 bits per heavy atom. The minimum absolute atomic E-state index is 0.125. The molecular weight excluding hydrogens is 324 g/mol. The van der Waals surface area contributed by atoms with Gasteiger partial charge in [0, 0.05) is 23.5 Å². The minimum Gasteiger partial charge on any atom is -0.369 e. The lowest BCUT2D eigenvalue weighted by atomic mass is 9.93. The monoisotopic (exact) mass is 350 g/mol. The van der Waals surface area contributed by atoms with Gasteiger partial charge in [-0.1, -0.05) is 23.7 Å². The third kappa shape index (κ3) is 4.63. The summed E-state index contributed by atoms with van der Waals surface area (Å²) in [6.07, 6.45) is 2.26. The van der Waals surface area contributed by atoms with Crippen LogP contribution in [0, 0.1) is 5.41 Å². The summed E-state index contributed by atoms with van der Waals surface area (Å²) in [4.78, 5) is 16.0. The Labute approximate surface area is 149 Å². The molecule has 0 heterocycles. The maximum absolute atomic E-state index is 11.4. The van der Waals surface area contributed by atoms with Crippen LogP contribution in [0.25, 0.3) is 0 Å². The van der Waals surface area contributed by atoms with E-state index in [1.165, 1.54) is 5.56 Å². The molecule has 0 unspecified atom stereocenters. The van der Waals surface area contributed by atoms with Crippen LogP contribution in [0.5, 0.6) is 0 Å². The van der Waals surface area contributed by atoms with Crippen molar-refractivity contribution in [1.29, 1.82) is 0 Å². The third-order valence-corrected chi connectivity index (χ3v) is 4.76. The normalized spacial score (nSPS) is 16.6.